The van der Waals surface area contributed by atoms with E-state index in [1.807, 2.05) is 18.2 Å². The van der Waals surface area contributed by atoms with E-state index in [9.17, 15) is 19.2 Å². The van der Waals surface area contributed by atoms with Crippen molar-refractivity contribution in [2.24, 2.45) is 0 Å². The third-order valence-corrected chi connectivity index (χ3v) is 7.46. The maximum absolute atomic E-state index is 13.0. The van der Waals surface area contributed by atoms with Crippen LogP contribution in [0.5, 0.6) is 5.75 Å². The van der Waals surface area contributed by atoms with Crippen molar-refractivity contribution in [3.8, 4) is 5.75 Å². The van der Waals surface area contributed by atoms with Gasteiger partial charge in [-0.25, -0.2) is 4.79 Å². The van der Waals surface area contributed by atoms with Gasteiger partial charge in [0.25, 0.3) is 0 Å². The first-order chi connectivity index (χ1) is 20.4. The van der Waals surface area contributed by atoms with Crippen LogP contribution in [0.2, 0.25) is 0 Å². The van der Waals surface area contributed by atoms with Crippen molar-refractivity contribution < 1.29 is 23.9 Å². The first-order valence-electron chi connectivity index (χ1n) is 13.4. The van der Waals surface area contributed by atoms with Crippen molar-refractivity contribution in [2.75, 3.05) is 13.2 Å². The van der Waals surface area contributed by atoms with Crippen molar-refractivity contribution in [3.63, 3.8) is 0 Å². The Hall–Kier alpha value is -5.08. The molecule has 7 nitrogen and oxygen atoms in total. The smallest absolute Gasteiger partial charge is 0.342 e. The summed E-state index contributed by atoms with van der Waals surface area (Å²) >= 11 is 1.09. The molecule has 0 radical (unpaired) electrons. The molecule has 8 heteroatoms. The van der Waals surface area contributed by atoms with Crippen LogP contribution in [0.1, 0.15) is 38.8 Å². The number of hydrogen-bond acceptors (Lipinski definition) is 7. The number of ketones is 2. The third-order valence-electron chi connectivity index (χ3n) is 6.52. The lowest BCUT2D eigenvalue weighted by molar-refractivity contribution is -0.137. The lowest BCUT2D eigenvalue weighted by Crippen LogP contribution is -2.17. The maximum atomic E-state index is 13.0. The van der Waals surface area contributed by atoms with Gasteiger partial charge in [0.15, 0.2) is 11.6 Å². The fourth-order valence-electron chi connectivity index (χ4n) is 4.43. The normalized spacial score (nSPS) is 11.3. The Bertz CT molecular complexity index is 1820. The molecular weight excluding hydrogens is 550 g/mol. The summed E-state index contributed by atoms with van der Waals surface area (Å²) in [6.07, 6.45) is 1.50. The minimum Gasteiger partial charge on any atom is -0.492 e. The van der Waals surface area contributed by atoms with Gasteiger partial charge < -0.3 is 9.47 Å². The van der Waals surface area contributed by atoms with Crippen LogP contribution >= 0.6 is 11.3 Å². The van der Waals surface area contributed by atoms with Crippen LogP contribution in [0.3, 0.4) is 0 Å². The van der Waals surface area contributed by atoms with Gasteiger partial charge in [0, 0.05) is 16.7 Å². The highest BCUT2D eigenvalue weighted by Crippen LogP contribution is 2.22. The molecular formula is C34H27NO6S. The molecule has 42 heavy (non-hydrogen) atoms. The molecule has 0 N–H and O–H groups in total. The summed E-state index contributed by atoms with van der Waals surface area (Å²) in [4.78, 5) is 50.9. The average molecular weight is 578 g/mol. The molecule has 1 aromatic heterocycles. The van der Waals surface area contributed by atoms with E-state index < -0.39 is 11.8 Å². The number of nitrogens with zero attached hydrogens (tertiary/aromatic N) is 1. The lowest BCUT2D eigenvalue weighted by Gasteiger charge is -2.09. The van der Waals surface area contributed by atoms with Crippen LogP contribution in [0.4, 0.5) is 0 Å². The van der Waals surface area contributed by atoms with Crippen LogP contribution in [0, 0.1) is 0 Å². The number of thiazole rings is 1. The predicted octanol–water partition coefficient (Wildman–Crippen LogP) is 6.20. The van der Waals surface area contributed by atoms with E-state index in [4.69, 9.17) is 9.47 Å². The van der Waals surface area contributed by atoms with Gasteiger partial charge in [-0.05, 0) is 48.9 Å². The molecule has 1 heterocycles. The Morgan fingerprint density at radius 1 is 0.810 bits per heavy atom. The van der Waals surface area contributed by atoms with Crippen molar-refractivity contribution in [3.05, 3.63) is 141 Å². The van der Waals surface area contributed by atoms with Gasteiger partial charge in [0.2, 0.25) is 0 Å². The fraction of sp³-hybridized carbons (Fsp3) is 0.118. The molecule has 0 spiro atoms. The number of aromatic nitrogens is 1. The van der Waals surface area contributed by atoms with Gasteiger partial charge in [-0.1, -0.05) is 84.1 Å². The zero-order valence-corrected chi connectivity index (χ0v) is 23.6. The predicted molar refractivity (Wildman–Crippen MR) is 163 cm³/mol. The summed E-state index contributed by atoms with van der Waals surface area (Å²) in [6.45, 7) is 2.41. The number of fused-ring (bicyclic) bond motifs is 1. The molecule has 5 aromatic rings. The SMILES string of the molecule is CCOC(=O)C(=Cc1ccc(OCCn2c(=O)sc3cc(C(=O)c4ccccc4)ccc32)cc1)C(=O)c1ccccc1. The van der Waals surface area contributed by atoms with Crippen LogP contribution in [-0.2, 0) is 16.1 Å². The number of ether oxygens (including phenoxy) is 2. The van der Waals surface area contributed by atoms with Gasteiger partial charge in [-0.2, -0.15) is 0 Å². The molecule has 0 fully saturated rings. The lowest BCUT2D eigenvalue weighted by atomic mass is 10.0. The van der Waals surface area contributed by atoms with Crippen LogP contribution in [-0.4, -0.2) is 35.3 Å². The monoisotopic (exact) mass is 577 g/mol. The van der Waals surface area contributed by atoms with Gasteiger partial charge in [0.1, 0.15) is 17.9 Å². The molecule has 0 aliphatic heterocycles. The molecule has 0 aliphatic rings. The highest BCUT2D eigenvalue weighted by Gasteiger charge is 2.21. The van der Waals surface area contributed by atoms with Crippen LogP contribution < -0.4 is 9.61 Å². The summed E-state index contributed by atoms with van der Waals surface area (Å²) in [6, 6.07) is 29.8. The summed E-state index contributed by atoms with van der Waals surface area (Å²) in [5, 5.41) is 0. The first kappa shape index (κ1) is 28.4. The quantitative estimate of drug-likeness (QED) is 0.0610. The maximum Gasteiger partial charge on any atom is 0.342 e. The number of Topliss-reactive ketones (excluding diaryl/α,β-unsaturated/α-hetero) is 1. The molecule has 0 unspecified atom stereocenters. The number of carbonyl (C=O) groups is 3. The second-order valence-electron chi connectivity index (χ2n) is 9.29. The minimum absolute atomic E-state index is 0.0611. The molecule has 0 amide bonds. The van der Waals surface area contributed by atoms with Gasteiger partial charge in [-0.3, -0.25) is 19.0 Å². The summed E-state index contributed by atoms with van der Waals surface area (Å²) in [5.41, 5.74) is 2.84. The highest BCUT2D eigenvalue weighted by atomic mass is 32.1. The molecule has 0 saturated carbocycles. The molecule has 0 saturated heterocycles. The Kier molecular flexibility index (Phi) is 8.84. The van der Waals surface area contributed by atoms with Gasteiger partial charge >= 0.3 is 10.8 Å². The summed E-state index contributed by atoms with van der Waals surface area (Å²) in [5.74, 6) is -0.621. The number of esters is 1. The number of benzene rings is 4. The van der Waals surface area contributed by atoms with E-state index in [0.717, 1.165) is 21.6 Å². The minimum atomic E-state index is -0.684. The van der Waals surface area contributed by atoms with Crippen LogP contribution in [0.15, 0.2) is 113 Å². The Balaban J connectivity index is 1.26. The summed E-state index contributed by atoms with van der Waals surface area (Å²) in [7, 11) is 0. The van der Waals surface area contributed by atoms with Gasteiger partial charge in [0.05, 0.1) is 23.4 Å². The number of hydrogen-bond donors (Lipinski definition) is 0. The fourth-order valence-corrected chi connectivity index (χ4v) is 5.38. The molecule has 210 valence electrons. The average Bonchev–Trinajstić information content (AvgIpc) is 3.34. The highest BCUT2D eigenvalue weighted by molar-refractivity contribution is 7.16. The molecule has 4 aromatic carbocycles. The van der Waals surface area contributed by atoms with Crippen molar-refractivity contribution in [1.82, 2.24) is 4.57 Å². The Labute approximate surface area is 246 Å². The summed E-state index contributed by atoms with van der Waals surface area (Å²) < 4.78 is 13.4. The molecule has 5 rings (SSSR count). The van der Waals surface area contributed by atoms with Crippen molar-refractivity contribution in [1.29, 1.82) is 0 Å². The van der Waals surface area contributed by atoms with Crippen molar-refractivity contribution >= 4 is 45.2 Å². The molecule has 0 aliphatic carbocycles. The second kappa shape index (κ2) is 13.1. The first-order valence-corrected chi connectivity index (χ1v) is 14.2. The Morgan fingerprint density at radius 2 is 1.48 bits per heavy atom. The van der Waals surface area contributed by atoms with Crippen LogP contribution in [0.25, 0.3) is 16.3 Å². The van der Waals surface area contributed by atoms with Gasteiger partial charge in [-0.15, -0.1) is 0 Å². The van der Waals surface area contributed by atoms with Crippen molar-refractivity contribution in [2.45, 2.75) is 13.5 Å². The van der Waals surface area contributed by atoms with E-state index in [1.165, 1.54) is 6.08 Å². The van der Waals surface area contributed by atoms with E-state index in [-0.39, 0.29) is 29.4 Å². The zero-order chi connectivity index (χ0) is 29.5. The number of rotatable bonds is 11. The standard InChI is InChI=1S/C34H27NO6S/c1-2-40-33(38)28(32(37)25-11-7-4-8-12-25)21-23-13-16-27(17-14-23)41-20-19-35-29-18-15-26(22-30(29)42-34(35)39)31(36)24-9-5-3-6-10-24/h3-18,21-22H,2,19-20H2,1H3. The largest absolute Gasteiger partial charge is 0.492 e. The van der Waals surface area contributed by atoms with E-state index in [0.29, 0.717) is 34.5 Å². The van der Waals surface area contributed by atoms with E-state index in [1.54, 1.807) is 96.4 Å². The van der Waals surface area contributed by atoms with E-state index in [2.05, 4.69) is 0 Å². The molecule has 0 atom stereocenters. The van der Waals surface area contributed by atoms with E-state index >= 15 is 0 Å². The molecule has 0 bridgehead atoms. The topological polar surface area (TPSA) is 91.7 Å². The Morgan fingerprint density at radius 3 is 2.14 bits per heavy atom. The zero-order valence-electron chi connectivity index (χ0n) is 22.8. The third kappa shape index (κ3) is 6.45. The number of carbonyl (C=O) groups excluding carboxylic acids is 3. The second-order valence-corrected chi connectivity index (χ2v) is 10.3.